The van der Waals surface area contributed by atoms with E-state index in [0.717, 1.165) is 12.1 Å². The molecule has 2 N–H and O–H groups in total. The quantitative estimate of drug-likeness (QED) is 0.702. The Morgan fingerprint density at radius 2 is 1.92 bits per heavy atom. The molecular weight excluding hydrogens is 158 g/mol. The van der Waals surface area contributed by atoms with Crippen LogP contribution in [0.15, 0.2) is 18.2 Å². The lowest BCUT2D eigenvalue weighted by Gasteiger charge is -2.07. The average molecular weight is 177 g/mol. The second kappa shape index (κ2) is 4.90. The minimum absolute atomic E-state index is 0.886. The summed E-state index contributed by atoms with van der Waals surface area (Å²) >= 11 is 0. The van der Waals surface area contributed by atoms with Gasteiger partial charge in [-0.15, -0.1) is 0 Å². The van der Waals surface area contributed by atoms with Crippen LogP contribution in [0.2, 0.25) is 0 Å². The van der Waals surface area contributed by atoms with Gasteiger partial charge in [0.25, 0.3) is 0 Å². The highest BCUT2D eigenvalue weighted by molar-refractivity contribution is 5.44. The van der Waals surface area contributed by atoms with Gasteiger partial charge in [-0.25, -0.2) is 0 Å². The van der Waals surface area contributed by atoms with Crippen molar-refractivity contribution in [1.82, 2.24) is 0 Å². The van der Waals surface area contributed by atoms with Crippen LogP contribution in [-0.2, 0) is 12.8 Å². The Balaban J connectivity index is 2.79. The minimum Gasteiger partial charge on any atom is -0.399 e. The van der Waals surface area contributed by atoms with Crippen LogP contribution in [0.4, 0.5) is 5.69 Å². The lowest BCUT2D eigenvalue weighted by molar-refractivity contribution is 0.787. The molecule has 0 spiro atoms. The van der Waals surface area contributed by atoms with Gasteiger partial charge in [-0.05, 0) is 42.5 Å². The van der Waals surface area contributed by atoms with Crippen molar-refractivity contribution >= 4 is 5.69 Å². The highest BCUT2D eigenvalue weighted by atomic mass is 14.5. The molecule has 1 nitrogen and oxygen atoms in total. The SMILES string of the molecule is CCCCc1ccc(N)cc1CC. The van der Waals surface area contributed by atoms with E-state index in [4.69, 9.17) is 5.73 Å². The number of benzene rings is 1. The molecule has 0 heterocycles. The van der Waals surface area contributed by atoms with Gasteiger partial charge in [0, 0.05) is 5.69 Å². The molecule has 0 amide bonds. The molecule has 0 aliphatic carbocycles. The van der Waals surface area contributed by atoms with Crippen LogP contribution in [0.3, 0.4) is 0 Å². The van der Waals surface area contributed by atoms with Crippen molar-refractivity contribution in [3.05, 3.63) is 29.3 Å². The molecule has 1 rings (SSSR count). The molecular formula is C12H19N. The molecule has 0 fully saturated rings. The summed E-state index contributed by atoms with van der Waals surface area (Å²) in [7, 11) is 0. The molecule has 1 aromatic carbocycles. The van der Waals surface area contributed by atoms with Gasteiger partial charge in [-0.3, -0.25) is 0 Å². The van der Waals surface area contributed by atoms with E-state index in [2.05, 4.69) is 26.0 Å². The maximum absolute atomic E-state index is 5.73. The molecule has 0 saturated heterocycles. The first kappa shape index (κ1) is 10.1. The fourth-order valence-corrected chi connectivity index (χ4v) is 1.59. The lowest BCUT2D eigenvalue weighted by atomic mass is 10.00. The van der Waals surface area contributed by atoms with E-state index >= 15 is 0 Å². The van der Waals surface area contributed by atoms with E-state index in [9.17, 15) is 0 Å². The number of anilines is 1. The third-order valence-electron chi connectivity index (χ3n) is 2.41. The molecule has 1 aromatic rings. The molecule has 0 aliphatic heterocycles. The summed E-state index contributed by atoms with van der Waals surface area (Å²) in [5, 5.41) is 0. The van der Waals surface area contributed by atoms with Crippen molar-refractivity contribution in [2.24, 2.45) is 0 Å². The molecule has 0 aliphatic rings. The molecule has 0 radical (unpaired) electrons. The van der Waals surface area contributed by atoms with Crippen LogP contribution in [0, 0.1) is 0 Å². The first-order chi connectivity index (χ1) is 6.27. The van der Waals surface area contributed by atoms with Crippen LogP contribution in [0.25, 0.3) is 0 Å². The third kappa shape index (κ3) is 2.76. The second-order valence-electron chi connectivity index (χ2n) is 3.49. The molecule has 72 valence electrons. The van der Waals surface area contributed by atoms with E-state index in [0.29, 0.717) is 0 Å². The summed E-state index contributed by atoms with van der Waals surface area (Å²) in [4.78, 5) is 0. The van der Waals surface area contributed by atoms with Gasteiger partial charge >= 0.3 is 0 Å². The van der Waals surface area contributed by atoms with Crippen LogP contribution in [-0.4, -0.2) is 0 Å². The van der Waals surface area contributed by atoms with Crippen molar-refractivity contribution in [3.8, 4) is 0 Å². The summed E-state index contributed by atoms with van der Waals surface area (Å²) in [6.45, 7) is 4.41. The van der Waals surface area contributed by atoms with Crippen molar-refractivity contribution < 1.29 is 0 Å². The van der Waals surface area contributed by atoms with E-state index in [1.54, 1.807) is 0 Å². The fourth-order valence-electron chi connectivity index (χ4n) is 1.59. The predicted molar refractivity (Wildman–Crippen MR) is 58.8 cm³/mol. The minimum atomic E-state index is 0.886. The van der Waals surface area contributed by atoms with Crippen molar-refractivity contribution in [2.75, 3.05) is 5.73 Å². The normalized spacial score (nSPS) is 10.3. The fraction of sp³-hybridized carbons (Fsp3) is 0.500. The Morgan fingerprint density at radius 3 is 2.54 bits per heavy atom. The monoisotopic (exact) mass is 177 g/mol. The van der Waals surface area contributed by atoms with Crippen molar-refractivity contribution in [1.29, 1.82) is 0 Å². The number of unbranched alkanes of at least 4 members (excludes halogenated alkanes) is 1. The summed E-state index contributed by atoms with van der Waals surface area (Å²) in [5.74, 6) is 0. The molecule has 13 heavy (non-hydrogen) atoms. The molecule has 0 saturated carbocycles. The van der Waals surface area contributed by atoms with E-state index in [-0.39, 0.29) is 0 Å². The standard InChI is InChI=1S/C12H19N/c1-3-5-6-11-7-8-12(13)9-10(11)4-2/h7-9H,3-6,13H2,1-2H3. The Labute approximate surface area is 81.0 Å². The number of aryl methyl sites for hydroxylation is 2. The average Bonchev–Trinajstić information content (AvgIpc) is 2.16. The zero-order valence-electron chi connectivity index (χ0n) is 8.64. The lowest BCUT2D eigenvalue weighted by Crippen LogP contribution is -1.95. The van der Waals surface area contributed by atoms with Crippen LogP contribution < -0.4 is 5.73 Å². The summed E-state index contributed by atoms with van der Waals surface area (Å²) in [6.07, 6.45) is 4.81. The van der Waals surface area contributed by atoms with Gasteiger partial charge in [-0.2, -0.15) is 0 Å². The summed E-state index contributed by atoms with van der Waals surface area (Å²) in [6, 6.07) is 6.28. The Morgan fingerprint density at radius 1 is 1.15 bits per heavy atom. The van der Waals surface area contributed by atoms with Gasteiger partial charge in [0.05, 0.1) is 0 Å². The van der Waals surface area contributed by atoms with Crippen LogP contribution in [0.1, 0.15) is 37.8 Å². The zero-order chi connectivity index (χ0) is 9.68. The summed E-state index contributed by atoms with van der Waals surface area (Å²) in [5.41, 5.74) is 9.50. The van der Waals surface area contributed by atoms with Crippen LogP contribution in [0.5, 0.6) is 0 Å². The Bertz CT molecular complexity index is 266. The molecule has 1 heteroatoms. The Hall–Kier alpha value is -0.980. The van der Waals surface area contributed by atoms with E-state index < -0.39 is 0 Å². The van der Waals surface area contributed by atoms with Crippen molar-refractivity contribution in [3.63, 3.8) is 0 Å². The molecule has 0 atom stereocenters. The second-order valence-corrected chi connectivity index (χ2v) is 3.49. The van der Waals surface area contributed by atoms with Crippen LogP contribution >= 0.6 is 0 Å². The summed E-state index contributed by atoms with van der Waals surface area (Å²) < 4.78 is 0. The van der Waals surface area contributed by atoms with Gasteiger partial charge in [0.1, 0.15) is 0 Å². The van der Waals surface area contributed by atoms with Crippen molar-refractivity contribution in [2.45, 2.75) is 39.5 Å². The number of rotatable bonds is 4. The smallest absolute Gasteiger partial charge is 0.0316 e. The van der Waals surface area contributed by atoms with E-state index in [1.807, 2.05) is 6.07 Å². The molecule has 0 unspecified atom stereocenters. The third-order valence-corrected chi connectivity index (χ3v) is 2.41. The van der Waals surface area contributed by atoms with E-state index in [1.165, 1.54) is 30.4 Å². The number of nitrogens with two attached hydrogens (primary N) is 1. The highest BCUT2D eigenvalue weighted by Crippen LogP contribution is 2.16. The van der Waals surface area contributed by atoms with Gasteiger partial charge in [-0.1, -0.05) is 26.3 Å². The largest absolute Gasteiger partial charge is 0.399 e. The first-order valence-electron chi connectivity index (χ1n) is 5.15. The maximum atomic E-state index is 5.73. The van der Waals surface area contributed by atoms with Gasteiger partial charge in [0.15, 0.2) is 0 Å². The Kier molecular flexibility index (Phi) is 3.81. The highest BCUT2D eigenvalue weighted by Gasteiger charge is 2.00. The number of nitrogen functional groups attached to an aromatic ring is 1. The molecule has 0 aromatic heterocycles. The number of hydrogen-bond acceptors (Lipinski definition) is 1. The molecule has 0 bridgehead atoms. The van der Waals surface area contributed by atoms with Gasteiger partial charge in [0.2, 0.25) is 0 Å². The van der Waals surface area contributed by atoms with Gasteiger partial charge < -0.3 is 5.73 Å². The first-order valence-corrected chi connectivity index (χ1v) is 5.15. The predicted octanol–water partition coefficient (Wildman–Crippen LogP) is 3.17. The maximum Gasteiger partial charge on any atom is 0.0316 e. The number of hydrogen-bond donors (Lipinski definition) is 1. The zero-order valence-corrected chi connectivity index (χ0v) is 8.64. The topological polar surface area (TPSA) is 26.0 Å².